The van der Waals surface area contributed by atoms with Gasteiger partial charge in [-0.2, -0.15) is 0 Å². The molecule has 2 N–H and O–H groups in total. The highest BCUT2D eigenvalue weighted by Crippen LogP contribution is 2.25. The maximum absolute atomic E-state index is 11.5. The average Bonchev–Trinajstić information content (AvgIpc) is 2.82. The van der Waals surface area contributed by atoms with Crippen LogP contribution in [-0.2, 0) is 4.79 Å². The molecule has 1 aliphatic rings. The van der Waals surface area contributed by atoms with Gasteiger partial charge in [0.25, 0.3) is 0 Å². The van der Waals surface area contributed by atoms with E-state index in [1.54, 1.807) is 7.05 Å². The number of ether oxygens (including phenoxy) is 1. The number of hydrogen-bond donors (Lipinski definition) is 2. The number of carbonyl (C=O) groups is 1. The van der Waals surface area contributed by atoms with Crippen LogP contribution in [0.5, 0.6) is 5.75 Å². The molecule has 0 spiro atoms. The molecule has 0 unspecified atom stereocenters. The summed E-state index contributed by atoms with van der Waals surface area (Å²) in [6, 6.07) is 7.59. The van der Waals surface area contributed by atoms with Crippen molar-refractivity contribution in [1.82, 2.24) is 5.32 Å². The molecule has 1 amide bonds. The molecule has 1 aromatic rings. The lowest BCUT2D eigenvalue weighted by Crippen LogP contribution is -2.25. The van der Waals surface area contributed by atoms with Gasteiger partial charge in [0, 0.05) is 11.8 Å². The molecule has 0 bridgehead atoms. The minimum Gasteiger partial charge on any atom is -0.490 e. The number of halogens is 1. The molecule has 0 atom stereocenters. The standard InChI is InChI=1S/C14H20N2O2.ClH/c1-15-10-14(17)16-11-5-4-8-13(9-11)18-12-6-2-3-7-12;/h4-5,8-9,12,15H,2-3,6-7,10H2,1H3,(H,16,17);1H. The van der Waals surface area contributed by atoms with Crippen LogP contribution in [-0.4, -0.2) is 25.6 Å². The summed E-state index contributed by atoms with van der Waals surface area (Å²) in [6.45, 7) is 0.313. The third kappa shape index (κ3) is 5.09. The zero-order valence-corrected chi connectivity index (χ0v) is 12.0. The lowest BCUT2D eigenvalue weighted by Gasteiger charge is -2.14. The number of hydrogen-bond acceptors (Lipinski definition) is 3. The van der Waals surface area contributed by atoms with Crippen LogP contribution in [0.25, 0.3) is 0 Å². The second kappa shape index (κ2) is 8.02. The van der Waals surface area contributed by atoms with Crippen molar-refractivity contribution in [3.63, 3.8) is 0 Å². The predicted molar refractivity (Wildman–Crippen MR) is 79.1 cm³/mol. The molecule has 1 fully saturated rings. The van der Waals surface area contributed by atoms with E-state index in [2.05, 4.69) is 10.6 Å². The molecule has 1 saturated carbocycles. The van der Waals surface area contributed by atoms with E-state index in [0.29, 0.717) is 12.6 Å². The molecule has 0 saturated heterocycles. The van der Waals surface area contributed by atoms with E-state index < -0.39 is 0 Å². The number of anilines is 1. The number of carbonyl (C=O) groups excluding carboxylic acids is 1. The lowest BCUT2D eigenvalue weighted by molar-refractivity contribution is -0.115. The Morgan fingerprint density at radius 2 is 2.11 bits per heavy atom. The zero-order valence-electron chi connectivity index (χ0n) is 11.1. The van der Waals surface area contributed by atoms with Crippen LogP contribution in [0.2, 0.25) is 0 Å². The van der Waals surface area contributed by atoms with Crippen molar-refractivity contribution in [2.75, 3.05) is 18.9 Å². The molecule has 19 heavy (non-hydrogen) atoms. The van der Waals surface area contributed by atoms with Crippen LogP contribution in [0.4, 0.5) is 5.69 Å². The summed E-state index contributed by atoms with van der Waals surface area (Å²) < 4.78 is 5.89. The van der Waals surface area contributed by atoms with E-state index in [9.17, 15) is 4.79 Å². The smallest absolute Gasteiger partial charge is 0.238 e. The molecule has 2 rings (SSSR count). The highest BCUT2D eigenvalue weighted by molar-refractivity contribution is 5.92. The van der Waals surface area contributed by atoms with Crippen LogP contribution >= 0.6 is 12.4 Å². The van der Waals surface area contributed by atoms with Crippen LogP contribution in [0.1, 0.15) is 25.7 Å². The number of likely N-dealkylation sites (N-methyl/N-ethyl adjacent to an activating group) is 1. The second-order valence-corrected chi connectivity index (χ2v) is 4.63. The number of rotatable bonds is 5. The molecule has 0 aliphatic heterocycles. The maximum Gasteiger partial charge on any atom is 0.238 e. The van der Waals surface area contributed by atoms with Gasteiger partial charge in [0.1, 0.15) is 5.75 Å². The molecule has 0 aromatic heterocycles. The molecule has 1 aromatic carbocycles. The summed E-state index contributed by atoms with van der Waals surface area (Å²) in [6.07, 6.45) is 5.12. The van der Waals surface area contributed by atoms with Crippen LogP contribution < -0.4 is 15.4 Å². The Hall–Kier alpha value is -1.26. The van der Waals surface area contributed by atoms with Crippen molar-refractivity contribution < 1.29 is 9.53 Å². The van der Waals surface area contributed by atoms with E-state index in [1.807, 2.05) is 24.3 Å². The molecule has 1 aliphatic carbocycles. The zero-order chi connectivity index (χ0) is 12.8. The van der Waals surface area contributed by atoms with Crippen LogP contribution in [0.3, 0.4) is 0 Å². The summed E-state index contributed by atoms with van der Waals surface area (Å²) >= 11 is 0. The van der Waals surface area contributed by atoms with Gasteiger partial charge < -0.3 is 15.4 Å². The Bertz CT molecular complexity index is 406. The largest absolute Gasteiger partial charge is 0.490 e. The molecular formula is C14H21ClN2O2. The summed E-state index contributed by atoms with van der Waals surface area (Å²) in [5.41, 5.74) is 0.783. The number of benzene rings is 1. The first-order valence-electron chi connectivity index (χ1n) is 6.49. The first-order chi connectivity index (χ1) is 8.78. The van der Waals surface area contributed by atoms with Gasteiger partial charge in [0.15, 0.2) is 0 Å². The highest BCUT2D eigenvalue weighted by atomic mass is 35.5. The molecule has 0 radical (unpaired) electrons. The van der Waals surface area contributed by atoms with Crippen LogP contribution in [0.15, 0.2) is 24.3 Å². The van der Waals surface area contributed by atoms with Crippen molar-refractivity contribution in [2.24, 2.45) is 0 Å². The van der Waals surface area contributed by atoms with Crippen molar-refractivity contribution >= 4 is 24.0 Å². The number of nitrogens with one attached hydrogen (secondary N) is 2. The predicted octanol–water partition coefficient (Wildman–Crippen LogP) is 2.59. The van der Waals surface area contributed by atoms with Gasteiger partial charge in [0.05, 0.1) is 12.6 Å². The summed E-state index contributed by atoms with van der Waals surface area (Å²) in [7, 11) is 1.75. The van der Waals surface area contributed by atoms with Gasteiger partial charge in [-0.25, -0.2) is 0 Å². The first kappa shape index (κ1) is 15.8. The third-order valence-electron chi connectivity index (χ3n) is 3.06. The Morgan fingerprint density at radius 3 is 2.79 bits per heavy atom. The van der Waals surface area contributed by atoms with Gasteiger partial charge >= 0.3 is 0 Å². The van der Waals surface area contributed by atoms with Gasteiger partial charge in [0.2, 0.25) is 5.91 Å². The van der Waals surface area contributed by atoms with Crippen molar-refractivity contribution in [2.45, 2.75) is 31.8 Å². The minimum atomic E-state index is -0.0458. The van der Waals surface area contributed by atoms with Crippen molar-refractivity contribution in [3.05, 3.63) is 24.3 Å². The van der Waals surface area contributed by atoms with E-state index in [-0.39, 0.29) is 18.3 Å². The maximum atomic E-state index is 11.5. The summed E-state index contributed by atoms with van der Waals surface area (Å²) in [5.74, 6) is 0.791. The fraction of sp³-hybridized carbons (Fsp3) is 0.500. The van der Waals surface area contributed by atoms with E-state index in [0.717, 1.165) is 24.3 Å². The highest BCUT2D eigenvalue weighted by Gasteiger charge is 2.16. The van der Waals surface area contributed by atoms with Gasteiger partial charge in [-0.1, -0.05) is 6.07 Å². The molecule has 106 valence electrons. The summed E-state index contributed by atoms with van der Waals surface area (Å²) in [4.78, 5) is 11.5. The lowest BCUT2D eigenvalue weighted by atomic mass is 10.2. The van der Waals surface area contributed by atoms with Crippen LogP contribution in [0, 0.1) is 0 Å². The van der Waals surface area contributed by atoms with Gasteiger partial charge in [-0.15, -0.1) is 12.4 Å². The fourth-order valence-corrected chi connectivity index (χ4v) is 2.21. The first-order valence-corrected chi connectivity index (χ1v) is 6.49. The van der Waals surface area contributed by atoms with E-state index >= 15 is 0 Å². The normalized spacial score (nSPS) is 14.8. The van der Waals surface area contributed by atoms with E-state index in [1.165, 1.54) is 12.8 Å². The Morgan fingerprint density at radius 1 is 1.37 bits per heavy atom. The molecule has 5 heteroatoms. The Balaban J connectivity index is 0.00000180. The summed E-state index contributed by atoms with van der Waals surface area (Å²) in [5, 5.41) is 5.64. The SMILES string of the molecule is CNCC(=O)Nc1cccc(OC2CCCC2)c1.Cl. The minimum absolute atomic E-state index is 0. The Labute approximate surface area is 120 Å². The Kier molecular flexibility index (Phi) is 6.67. The number of amides is 1. The van der Waals surface area contributed by atoms with Gasteiger partial charge in [-0.3, -0.25) is 4.79 Å². The van der Waals surface area contributed by atoms with Crippen molar-refractivity contribution in [3.8, 4) is 5.75 Å². The molecule has 4 nitrogen and oxygen atoms in total. The molecule has 0 heterocycles. The third-order valence-corrected chi connectivity index (χ3v) is 3.06. The average molecular weight is 285 g/mol. The van der Waals surface area contributed by atoms with Crippen molar-refractivity contribution in [1.29, 1.82) is 0 Å². The topological polar surface area (TPSA) is 50.4 Å². The molecular weight excluding hydrogens is 264 g/mol. The second-order valence-electron chi connectivity index (χ2n) is 4.63. The van der Waals surface area contributed by atoms with E-state index in [4.69, 9.17) is 4.74 Å². The fourth-order valence-electron chi connectivity index (χ4n) is 2.21. The quantitative estimate of drug-likeness (QED) is 0.874. The monoisotopic (exact) mass is 284 g/mol. The van der Waals surface area contributed by atoms with Gasteiger partial charge in [-0.05, 0) is 44.9 Å².